The summed E-state index contributed by atoms with van der Waals surface area (Å²) >= 11 is 0. The van der Waals surface area contributed by atoms with E-state index in [1.54, 1.807) is 24.2 Å². The van der Waals surface area contributed by atoms with Crippen molar-refractivity contribution < 1.29 is 9.90 Å². The van der Waals surface area contributed by atoms with Gasteiger partial charge >= 0.3 is 0 Å². The SMILES string of the molecule is CN1C(=O)C(O)N(C2CCNCC2)c2ncccc21. The number of aliphatic hydroxyl groups is 1. The molecule has 2 N–H and O–H groups in total. The lowest BCUT2D eigenvalue weighted by atomic mass is 10.0. The summed E-state index contributed by atoms with van der Waals surface area (Å²) in [6.07, 6.45) is 2.38. The van der Waals surface area contributed by atoms with E-state index in [1.807, 2.05) is 6.07 Å². The number of nitrogens with zero attached hydrogens (tertiary/aromatic N) is 3. The number of carbonyl (C=O) groups is 1. The quantitative estimate of drug-likeness (QED) is 0.742. The Morgan fingerprint density at radius 2 is 2.16 bits per heavy atom. The molecule has 102 valence electrons. The van der Waals surface area contributed by atoms with Crippen molar-refractivity contribution >= 4 is 17.4 Å². The second-order valence-electron chi connectivity index (χ2n) is 5.01. The maximum Gasteiger partial charge on any atom is 0.276 e. The first kappa shape index (κ1) is 12.4. The molecular weight excluding hydrogens is 244 g/mol. The number of aromatic nitrogens is 1. The molecular formula is C13H18N4O2. The Balaban J connectivity index is 2.02. The Bertz CT molecular complexity index is 487. The van der Waals surface area contributed by atoms with Crippen LogP contribution in [0.4, 0.5) is 11.5 Å². The van der Waals surface area contributed by atoms with Gasteiger partial charge in [0.1, 0.15) is 0 Å². The topological polar surface area (TPSA) is 68.7 Å². The molecule has 0 bridgehead atoms. The number of aliphatic hydroxyl groups excluding tert-OH is 1. The summed E-state index contributed by atoms with van der Waals surface area (Å²) in [7, 11) is 1.67. The first-order valence-corrected chi connectivity index (χ1v) is 6.60. The standard InChI is InChI=1S/C13H18N4O2/c1-16-10-3-2-6-15-11(10)17(13(19)12(16)18)9-4-7-14-8-5-9/h2-3,6,9,13-14,19H,4-5,7-8H2,1H3. The Kier molecular flexibility index (Phi) is 3.12. The number of likely N-dealkylation sites (N-methyl/N-ethyl adjacent to an activating group) is 1. The van der Waals surface area contributed by atoms with Crippen LogP contribution in [0.2, 0.25) is 0 Å². The average molecular weight is 262 g/mol. The first-order chi connectivity index (χ1) is 9.20. The van der Waals surface area contributed by atoms with E-state index in [-0.39, 0.29) is 11.9 Å². The van der Waals surface area contributed by atoms with Gasteiger partial charge in [-0.2, -0.15) is 0 Å². The molecule has 6 heteroatoms. The molecule has 0 aliphatic carbocycles. The fraction of sp³-hybridized carbons (Fsp3) is 0.538. The number of anilines is 2. The van der Waals surface area contributed by atoms with Gasteiger partial charge in [0.15, 0.2) is 5.82 Å². The van der Waals surface area contributed by atoms with Crippen molar-refractivity contribution in [3.05, 3.63) is 18.3 Å². The highest BCUT2D eigenvalue weighted by Crippen LogP contribution is 2.35. The molecule has 0 radical (unpaired) electrons. The third kappa shape index (κ3) is 1.97. The Hall–Kier alpha value is -1.66. The molecule has 1 amide bonds. The molecule has 0 aromatic carbocycles. The largest absolute Gasteiger partial charge is 0.365 e. The zero-order valence-corrected chi connectivity index (χ0v) is 10.9. The minimum absolute atomic E-state index is 0.155. The maximum absolute atomic E-state index is 12.1. The Morgan fingerprint density at radius 1 is 1.42 bits per heavy atom. The van der Waals surface area contributed by atoms with Gasteiger partial charge in [-0.05, 0) is 38.1 Å². The number of fused-ring (bicyclic) bond motifs is 1. The molecule has 1 saturated heterocycles. The molecule has 3 rings (SSSR count). The summed E-state index contributed by atoms with van der Waals surface area (Å²) in [6, 6.07) is 3.82. The Labute approximate surface area is 112 Å². The van der Waals surface area contributed by atoms with Crippen LogP contribution in [-0.2, 0) is 4.79 Å². The molecule has 1 unspecified atom stereocenters. The van der Waals surface area contributed by atoms with Crippen LogP contribution in [0.5, 0.6) is 0 Å². The van der Waals surface area contributed by atoms with Crippen molar-refractivity contribution in [2.75, 3.05) is 29.9 Å². The van der Waals surface area contributed by atoms with E-state index in [0.29, 0.717) is 5.82 Å². The third-order valence-electron chi connectivity index (χ3n) is 3.89. The molecule has 6 nitrogen and oxygen atoms in total. The van der Waals surface area contributed by atoms with Crippen LogP contribution < -0.4 is 15.1 Å². The Morgan fingerprint density at radius 3 is 2.89 bits per heavy atom. The molecule has 1 atom stereocenters. The zero-order chi connectivity index (χ0) is 13.4. The third-order valence-corrected chi connectivity index (χ3v) is 3.89. The molecule has 3 heterocycles. The van der Waals surface area contributed by atoms with E-state index in [9.17, 15) is 9.90 Å². The van der Waals surface area contributed by atoms with Gasteiger partial charge in [-0.25, -0.2) is 4.98 Å². The fourth-order valence-electron chi connectivity index (χ4n) is 2.83. The van der Waals surface area contributed by atoms with Gasteiger partial charge in [-0.15, -0.1) is 0 Å². The number of amides is 1. The van der Waals surface area contributed by atoms with E-state index < -0.39 is 6.23 Å². The lowest BCUT2D eigenvalue weighted by Gasteiger charge is -2.43. The molecule has 2 aliphatic heterocycles. The predicted molar refractivity (Wildman–Crippen MR) is 72.0 cm³/mol. The van der Waals surface area contributed by atoms with Crippen molar-refractivity contribution in [1.29, 1.82) is 0 Å². The van der Waals surface area contributed by atoms with E-state index in [4.69, 9.17) is 0 Å². The predicted octanol–water partition coefficient (Wildman–Crippen LogP) is -0.0652. The summed E-state index contributed by atoms with van der Waals surface area (Å²) in [6.45, 7) is 1.81. The smallest absolute Gasteiger partial charge is 0.276 e. The number of pyridine rings is 1. The molecule has 2 aliphatic rings. The van der Waals surface area contributed by atoms with E-state index >= 15 is 0 Å². The minimum atomic E-state index is -1.13. The van der Waals surface area contributed by atoms with Gasteiger partial charge in [-0.3, -0.25) is 4.79 Å². The summed E-state index contributed by atoms with van der Waals surface area (Å²) < 4.78 is 0. The van der Waals surface area contributed by atoms with Gasteiger partial charge in [0.05, 0.1) is 5.69 Å². The normalized spacial score (nSPS) is 24.5. The van der Waals surface area contributed by atoms with Crippen LogP contribution in [0.3, 0.4) is 0 Å². The first-order valence-electron chi connectivity index (χ1n) is 6.60. The van der Waals surface area contributed by atoms with Crippen LogP contribution >= 0.6 is 0 Å². The van der Waals surface area contributed by atoms with Crippen molar-refractivity contribution in [2.24, 2.45) is 0 Å². The van der Waals surface area contributed by atoms with Crippen molar-refractivity contribution in [3.63, 3.8) is 0 Å². The lowest BCUT2D eigenvalue weighted by Crippen LogP contribution is -2.58. The van der Waals surface area contributed by atoms with Crippen molar-refractivity contribution in [1.82, 2.24) is 10.3 Å². The summed E-state index contributed by atoms with van der Waals surface area (Å²) in [4.78, 5) is 19.7. The number of piperidine rings is 1. The summed E-state index contributed by atoms with van der Waals surface area (Å²) in [5, 5.41) is 13.6. The summed E-state index contributed by atoms with van der Waals surface area (Å²) in [5.74, 6) is 0.406. The number of hydrogen-bond donors (Lipinski definition) is 2. The minimum Gasteiger partial charge on any atom is -0.365 e. The molecule has 0 saturated carbocycles. The van der Waals surface area contributed by atoms with E-state index in [0.717, 1.165) is 31.6 Å². The highest BCUT2D eigenvalue weighted by Gasteiger charge is 2.39. The number of hydrogen-bond acceptors (Lipinski definition) is 5. The van der Waals surface area contributed by atoms with Crippen LogP contribution in [0.25, 0.3) is 0 Å². The average Bonchev–Trinajstić information content (AvgIpc) is 2.46. The number of nitrogens with one attached hydrogen (secondary N) is 1. The monoisotopic (exact) mass is 262 g/mol. The van der Waals surface area contributed by atoms with Gasteiger partial charge in [0.25, 0.3) is 5.91 Å². The van der Waals surface area contributed by atoms with Gasteiger partial charge < -0.3 is 20.2 Å². The zero-order valence-electron chi connectivity index (χ0n) is 10.9. The van der Waals surface area contributed by atoms with Crippen LogP contribution in [0.15, 0.2) is 18.3 Å². The second-order valence-corrected chi connectivity index (χ2v) is 5.01. The molecule has 1 fully saturated rings. The van der Waals surface area contributed by atoms with Crippen LogP contribution in [0.1, 0.15) is 12.8 Å². The lowest BCUT2D eigenvalue weighted by molar-refractivity contribution is -0.127. The number of carbonyl (C=O) groups excluding carboxylic acids is 1. The number of rotatable bonds is 1. The van der Waals surface area contributed by atoms with Crippen LogP contribution in [0, 0.1) is 0 Å². The van der Waals surface area contributed by atoms with Gasteiger partial charge in [-0.1, -0.05) is 0 Å². The molecule has 0 spiro atoms. The summed E-state index contributed by atoms with van der Waals surface area (Å²) in [5.41, 5.74) is 0.760. The second kappa shape index (κ2) is 4.79. The molecule has 1 aromatic rings. The van der Waals surface area contributed by atoms with E-state index in [2.05, 4.69) is 10.3 Å². The van der Waals surface area contributed by atoms with Gasteiger partial charge in [0.2, 0.25) is 6.23 Å². The molecule has 19 heavy (non-hydrogen) atoms. The van der Waals surface area contributed by atoms with E-state index in [1.165, 1.54) is 4.90 Å². The van der Waals surface area contributed by atoms with Gasteiger partial charge in [0, 0.05) is 19.3 Å². The highest BCUT2D eigenvalue weighted by molar-refractivity contribution is 6.03. The van der Waals surface area contributed by atoms with Crippen molar-refractivity contribution in [3.8, 4) is 0 Å². The highest BCUT2D eigenvalue weighted by atomic mass is 16.3. The fourth-order valence-corrected chi connectivity index (χ4v) is 2.83. The molecule has 1 aromatic heterocycles. The van der Waals surface area contributed by atoms with Crippen molar-refractivity contribution in [2.45, 2.75) is 25.1 Å². The van der Waals surface area contributed by atoms with Crippen LogP contribution in [-0.4, -0.2) is 48.4 Å². The maximum atomic E-state index is 12.1.